The van der Waals surface area contributed by atoms with E-state index in [1.807, 2.05) is 50.8 Å². The highest BCUT2D eigenvalue weighted by Gasteiger charge is 2.23. The third kappa shape index (κ3) is 3.10. The van der Waals surface area contributed by atoms with E-state index in [-0.39, 0.29) is 12.1 Å². The largest absolute Gasteiger partial charge is 0.491 e. The van der Waals surface area contributed by atoms with Gasteiger partial charge in [0.15, 0.2) is 0 Å². The number of hydrogen-bond acceptors (Lipinski definition) is 3. The Morgan fingerprint density at radius 2 is 1.86 bits per heavy atom. The average Bonchev–Trinajstić information content (AvgIpc) is 2.67. The molecule has 1 N–H and O–H groups in total. The van der Waals surface area contributed by atoms with Gasteiger partial charge in [0.2, 0.25) is 0 Å². The van der Waals surface area contributed by atoms with Crippen molar-refractivity contribution in [1.29, 1.82) is 0 Å². The first-order chi connectivity index (χ1) is 9.95. The highest BCUT2D eigenvalue weighted by molar-refractivity contribution is 5.44. The third-order valence-corrected chi connectivity index (χ3v) is 3.74. The molecule has 1 atom stereocenters. The van der Waals surface area contributed by atoms with Gasteiger partial charge in [0.25, 0.3) is 0 Å². The van der Waals surface area contributed by atoms with Crippen LogP contribution < -0.4 is 10.1 Å². The molecule has 2 rings (SSSR count). The van der Waals surface area contributed by atoms with Crippen molar-refractivity contribution in [3.05, 3.63) is 46.8 Å². The fourth-order valence-corrected chi connectivity index (χ4v) is 2.74. The van der Waals surface area contributed by atoms with Crippen LogP contribution in [0.4, 0.5) is 0 Å². The predicted octanol–water partition coefficient (Wildman–Crippen LogP) is 3.13. The first-order valence-corrected chi connectivity index (χ1v) is 7.38. The van der Waals surface area contributed by atoms with Gasteiger partial charge in [0, 0.05) is 23.9 Å². The van der Waals surface area contributed by atoms with Crippen molar-refractivity contribution < 1.29 is 4.74 Å². The molecule has 114 valence electrons. The molecule has 0 aliphatic carbocycles. The zero-order valence-electron chi connectivity index (χ0n) is 13.8. The van der Waals surface area contributed by atoms with Crippen LogP contribution in [-0.4, -0.2) is 22.9 Å². The monoisotopic (exact) mass is 287 g/mol. The van der Waals surface area contributed by atoms with E-state index in [1.165, 1.54) is 11.3 Å². The van der Waals surface area contributed by atoms with E-state index in [0.29, 0.717) is 0 Å². The van der Waals surface area contributed by atoms with Crippen molar-refractivity contribution >= 4 is 0 Å². The van der Waals surface area contributed by atoms with Crippen LogP contribution in [0.3, 0.4) is 0 Å². The summed E-state index contributed by atoms with van der Waals surface area (Å²) in [5, 5.41) is 7.94. The number of rotatable bonds is 5. The lowest BCUT2D eigenvalue weighted by molar-refractivity contribution is 0.238. The van der Waals surface area contributed by atoms with Gasteiger partial charge in [-0.3, -0.25) is 4.68 Å². The van der Waals surface area contributed by atoms with Gasteiger partial charge in [0.1, 0.15) is 5.75 Å². The lowest BCUT2D eigenvalue weighted by Gasteiger charge is -2.22. The maximum Gasteiger partial charge on any atom is 0.124 e. The van der Waals surface area contributed by atoms with E-state index in [1.54, 1.807) is 0 Å². The number of ether oxygens (including phenoxy) is 1. The Hall–Kier alpha value is -1.81. The molecule has 1 unspecified atom stereocenters. The minimum Gasteiger partial charge on any atom is -0.491 e. The average molecular weight is 287 g/mol. The second kappa shape index (κ2) is 6.31. The number of aromatic nitrogens is 2. The topological polar surface area (TPSA) is 39.1 Å². The van der Waals surface area contributed by atoms with Gasteiger partial charge in [-0.15, -0.1) is 0 Å². The number of hydrogen-bond donors (Lipinski definition) is 1. The zero-order chi connectivity index (χ0) is 15.6. The molecule has 0 bridgehead atoms. The summed E-state index contributed by atoms with van der Waals surface area (Å²) in [6.45, 7) is 8.25. The number of para-hydroxylation sites is 1. The summed E-state index contributed by atoms with van der Waals surface area (Å²) >= 11 is 0. The number of aryl methyl sites for hydroxylation is 2. The van der Waals surface area contributed by atoms with E-state index < -0.39 is 0 Å². The van der Waals surface area contributed by atoms with Gasteiger partial charge < -0.3 is 10.1 Å². The molecule has 0 aliphatic heterocycles. The molecule has 0 fully saturated rings. The van der Waals surface area contributed by atoms with Crippen molar-refractivity contribution in [2.45, 2.75) is 39.8 Å². The summed E-state index contributed by atoms with van der Waals surface area (Å²) in [7, 11) is 3.96. The fourth-order valence-electron chi connectivity index (χ4n) is 2.74. The van der Waals surface area contributed by atoms with Gasteiger partial charge in [-0.1, -0.05) is 18.2 Å². The summed E-state index contributed by atoms with van der Waals surface area (Å²) in [5.41, 5.74) is 4.59. The molecule has 1 aromatic carbocycles. The Balaban J connectivity index is 2.52. The first kappa shape index (κ1) is 15.6. The SMILES string of the molecule is CNC(c1ccccc1OC(C)C)c1c(C)nn(C)c1C. The van der Waals surface area contributed by atoms with Crippen LogP contribution in [0.2, 0.25) is 0 Å². The van der Waals surface area contributed by atoms with Gasteiger partial charge >= 0.3 is 0 Å². The van der Waals surface area contributed by atoms with Crippen LogP contribution in [0.1, 0.15) is 42.4 Å². The summed E-state index contributed by atoms with van der Waals surface area (Å²) in [6.07, 6.45) is 0.153. The fraction of sp³-hybridized carbons (Fsp3) is 0.471. The standard InChI is InChI=1S/C17H25N3O/c1-11(2)21-15-10-8-7-9-14(15)17(18-5)16-12(3)19-20(6)13(16)4/h7-11,17-18H,1-6H3. The third-order valence-electron chi connectivity index (χ3n) is 3.74. The van der Waals surface area contributed by atoms with E-state index in [4.69, 9.17) is 4.74 Å². The molecule has 1 aromatic heterocycles. The minimum atomic E-state index is 0.0775. The number of nitrogens with zero attached hydrogens (tertiary/aromatic N) is 2. The lowest BCUT2D eigenvalue weighted by atomic mass is 9.96. The van der Waals surface area contributed by atoms with Crippen LogP contribution in [0, 0.1) is 13.8 Å². The van der Waals surface area contributed by atoms with E-state index in [2.05, 4.69) is 30.3 Å². The second-order valence-corrected chi connectivity index (χ2v) is 5.63. The summed E-state index contributed by atoms with van der Waals surface area (Å²) in [5.74, 6) is 0.925. The van der Waals surface area contributed by atoms with Gasteiger partial charge in [0.05, 0.1) is 17.8 Å². The van der Waals surface area contributed by atoms with Crippen molar-refractivity contribution in [2.24, 2.45) is 7.05 Å². The molecular formula is C17H25N3O. The number of benzene rings is 1. The molecule has 4 heteroatoms. The Morgan fingerprint density at radius 3 is 2.38 bits per heavy atom. The Morgan fingerprint density at radius 1 is 1.19 bits per heavy atom. The van der Waals surface area contributed by atoms with Crippen LogP contribution in [0.5, 0.6) is 5.75 Å². The normalized spacial score (nSPS) is 12.7. The molecule has 0 radical (unpaired) electrons. The maximum atomic E-state index is 5.97. The van der Waals surface area contributed by atoms with Crippen LogP contribution >= 0.6 is 0 Å². The molecule has 0 saturated heterocycles. The van der Waals surface area contributed by atoms with Crippen molar-refractivity contribution in [1.82, 2.24) is 15.1 Å². The number of nitrogens with one attached hydrogen (secondary N) is 1. The Kier molecular flexibility index (Phi) is 4.68. The molecule has 21 heavy (non-hydrogen) atoms. The zero-order valence-corrected chi connectivity index (χ0v) is 13.8. The van der Waals surface area contributed by atoms with Gasteiger partial charge in [-0.25, -0.2) is 0 Å². The first-order valence-electron chi connectivity index (χ1n) is 7.38. The summed E-state index contributed by atoms with van der Waals surface area (Å²) in [6, 6.07) is 8.28. The summed E-state index contributed by atoms with van der Waals surface area (Å²) < 4.78 is 7.90. The smallest absolute Gasteiger partial charge is 0.124 e. The second-order valence-electron chi connectivity index (χ2n) is 5.63. The summed E-state index contributed by atoms with van der Waals surface area (Å²) in [4.78, 5) is 0. The van der Waals surface area contributed by atoms with E-state index >= 15 is 0 Å². The quantitative estimate of drug-likeness (QED) is 0.918. The Labute approximate surface area is 127 Å². The molecule has 0 aliphatic rings. The van der Waals surface area contributed by atoms with Gasteiger partial charge in [-0.2, -0.15) is 5.10 Å². The lowest BCUT2D eigenvalue weighted by Crippen LogP contribution is -2.21. The highest BCUT2D eigenvalue weighted by Crippen LogP contribution is 2.33. The molecule has 0 spiro atoms. The van der Waals surface area contributed by atoms with E-state index in [0.717, 1.165) is 17.0 Å². The van der Waals surface area contributed by atoms with Crippen molar-refractivity contribution in [3.8, 4) is 5.75 Å². The van der Waals surface area contributed by atoms with Crippen molar-refractivity contribution in [2.75, 3.05) is 7.05 Å². The maximum absolute atomic E-state index is 5.97. The van der Waals surface area contributed by atoms with Crippen LogP contribution in [-0.2, 0) is 7.05 Å². The molecule has 4 nitrogen and oxygen atoms in total. The molecular weight excluding hydrogens is 262 g/mol. The van der Waals surface area contributed by atoms with Gasteiger partial charge in [-0.05, 0) is 40.8 Å². The van der Waals surface area contributed by atoms with Crippen molar-refractivity contribution in [3.63, 3.8) is 0 Å². The van der Waals surface area contributed by atoms with E-state index in [9.17, 15) is 0 Å². The predicted molar refractivity (Wildman–Crippen MR) is 85.8 cm³/mol. The molecule has 1 heterocycles. The highest BCUT2D eigenvalue weighted by atomic mass is 16.5. The van der Waals surface area contributed by atoms with Crippen LogP contribution in [0.25, 0.3) is 0 Å². The molecule has 2 aromatic rings. The minimum absolute atomic E-state index is 0.0775. The molecule has 0 amide bonds. The Bertz CT molecular complexity index is 616. The molecule has 0 saturated carbocycles. The van der Waals surface area contributed by atoms with Crippen LogP contribution in [0.15, 0.2) is 24.3 Å².